The van der Waals surface area contributed by atoms with Crippen molar-refractivity contribution in [3.63, 3.8) is 0 Å². The summed E-state index contributed by atoms with van der Waals surface area (Å²) < 4.78 is 71.3. The molecule has 168 valence electrons. The van der Waals surface area contributed by atoms with Gasteiger partial charge in [0.1, 0.15) is 24.8 Å². The molecule has 6 nitrogen and oxygen atoms in total. The van der Waals surface area contributed by atoms with E-state index in [0.29, 0.717) is 29.6 Å². The largest absolute Gasteiger partial charge is 0.490 e. The van der Waals surface area contributed by atoms with E-state index in [4.69, 9.17) is 14.2 Å². The maximum atomic E-state index is 14.0. The van der Waals surface area contributed by atoms with Crippen molar-refractivity contribution in [2.45, 2.75) is 19.3 Å². The summed E-state index contributed by atoms with van der Waals surface area (Å²) in [5, 5.41) is 0. The molecular formula is C22H18F4N2O4. The molecule has 0 radical (unpaired) electrons. The highest BCUT2D eigenvalue weighted by atomic mass is 19.2. The van der Waals surface area contributed by atoms with Crippen molar-refractivity contribution in [1.29, 1.82) is 0 Å². The van der Waals surface area contributed by atoms with Crippen LogP contribution in [-0.2, 0) is 17.9 Å². The molecule has 10 heteroatoms. The van der Waals surface area contributed by atoms with Crippen LogP contribution in [0.25, 0.3) is 11.1 Å². The molecule has 0 unspecified atom stereocenters. The van der Waals surface area contributed by atoms with Crippen LogP contribution < -0.4 is 15.0 Å². The summed E-state index contributed by atoms with van der Waals surface area (Å²) in [7, 11) is 0. The van der Waals surface area contributed by atoms with Gasteiger partial charge in [-0.05, 0) is 23.8 Å². The van der Waals surface area contributed by atoms with Crippen molar-refractivity contribution >= 4 is 0 Å². The monoisotopic (exact) mass is 450 g/mol. The minimum atomic E-state index is -1.26. The Bertz CT molecular complexity index is 1170. The maximum absolute atomic E-state index is 14.0. The fraction of sp³-hybridized carbons (Fsp3) is 0.273. The average Bonchev–Trinajstić information content (AvgIpc) is 3.18. The van der Waals surface area contributed by atoms with E-state index in [9.17, 15) is 22.4 Å². The SMILES string of the molecule is O=c1cc(COCCF)n2c(n1)O[C@H](COc1ccc(-c3cc(F)cc(F)c3F)cc1)C2. The van der Waals surface area contributed by atoms with Crippen LogP contribution in [0.15, 0.2) is 47.3 Å². The van der Waals surface area contributed by atoms with Gasteiger partial charge in [0.05, 0.1) is 25.5 Å². The molecule has 0 aliphatic carbocycles. The van der Waals surface area contributed by atoms with Gasteiger partial charge in [-0.2, -0.15) is 4.98 Å². The number of aromatic nitrogens is 2. The number of benzene rings is 2. The summed E-state index contributed by atoms with van der Waals surface area (Å²) in [6.07, 6.45) is -0.446. The lowest BCUT2D eigenvalue weighted by Crippen LogP contribution is -2.23. The van der Waals surface area contributed by atoms with E-state index in [2.05, 4.69) is 4.98 Å². The van der Waals surface area contributed by atoms with Crippen LogP contribution in [-0.4, -0.2) is 35.5 Å². The van der Waals surface area contributed by atoms with Crippen LogP contribution in [0.2, 0.25) is 0 Å². The van der Waals surface area contributed by atoms with Crippen molar-refractivity contribution in [2.24, 2.45) is 0 Å². The molecule has 0 saturated heterocycles. The highest BCUT2D eigenvalue weighted by molar-refractivity contribution is 5.65. The minimum absolute atomic E-state index is 0.0459. The van der Waals surface area contributed by atoms with E-state index in [1.54, 1.807) is 4.57 Å². The van der Waals surface area contributed by atoms with E-state index in [1.165, 1.54) is 30.3 Å². The first-order valence-corrected chi connectivity index (χ1v) is 9.73. The van der Waals surface area contributed by atoms with Gasteiger partial charge >= 0.3 is 6.01 Å². The molecule has 0 N–H and O–H groups in total. The third-order valence-corrected chi connectivity index (χ3v) is 4.80. The van der Waals surface area contributed by atoms with Crippen LogP contribution in [0, 0.1) is 17.5 Å². The third-order valence-electron chi connectivity index (χ3n) is 4.80. The van der Waals surface area contributed by atoms with Gasteiger partial charge < -0.3 is 14.2 Å². The molecule has 0 saturated carbocycles. The lowest BCUT2D eigenvalue weighted by atomic mass is 10.0. The second kappa shape index (κ2) is 9.39. The fourth-order valence-electron chi connectivity index (χ4n) is 3.33. The van der Waals surface area contributed by atoms with Gasteiger partial charge in [0.25, 0.3) is 5.56 Å². The van der Waals surface area contributed by atoms with Gasteiger partial charge in [0, 0.05) is 17.7 Å². The molecule has 0 spiro atoms. The topological polar surface area (TPSA) is 62.6 Å². The zero-order chi connectivity index (χ0) is 22.7. The first kappa shape index (κ1) is 21.8. The molecule has 2 aromatic carbocycles. The molecule has 1 aliphatic rings. The Labute approximate surface area is 180 Å². The number of fused-ring (bicyclic) bond motifs is 1. The molecule has 32 heavy (non-hydrogen) atoms. The predicted molar refractivity (Wildman–Crippen MR) is 106 cm³/mol. The number of nitrogens with zero attached hydrogens (tertiary/aromatic N) is 2. The number of hydrogen-bond donors (Lipinski definition) is 0. The number of ether oxygens (including phenoxy) is 3. The molecule has 4 rings (SSSR count). The van der Waals surface area contributed by atoms with Gasteiger partial charge in [-0.3, -0.25) is 9.36 Å². The van der Waals surface area contributed by atoms with E-state index >= 15 is 0 Å². The summed E-state index contributed by atoms with van der Waals surface area (Å²) in [5.74, 6) is -2.84. The van der Waals surface area contributed by atoms with Crippen LogP contribution in [0.3, 0.4) is 0 Å². The van der Waals surface area contributed by atoms with Crippen LogP contribution >= 0.6 is 0 Å². The molecule has 2 heterocycles. The maximum Gasteiger partial charge on any atom is 0.300 e. The standard InChI is InChI=1S/C22H18F4N2O4/c23-5-6-30-11-15-9-20(29)27-22-28(15)10-17(32-22)12-31-16-3-1-13(2-4-16)18-7-14(24)8-19(25)21(18)26/h1-4,7-9,17H,5-6,10-12H2/t17-/m0/s1. The molecule has 0 amide bonds. The second-order valence-electron chi connectivity index (χ2n) is 7.04. The van der Waals surface area contributed by atoms with Crippen LogP contribution in [0.1, 0.15) is 5.69 Å². The van der Waals surface area contributed by atoms with Gasteiger partial charge in [0.15, 0.2) is 17.7 Å². The normalized spacial score (nSPS) is 14.8. The molecule has 3 aromatic rings. The molecule has 1 aliphatic heterocycles. The summed E-state index contributed by atoms with van der Waals surface area (Å²) >= 11 is 0. The van der Waals surface area contributed by atoms with Crippen LogP contribution in [0.4, 0.5) is 17.6 Å². The summed E-state index contributed by atoms with van der Waals surface area (Å²) in [6, 6.07) is 8.88. The lowest BCUT2D eigenvalue weighted by Gasteiger charge is -2.12. The Morgan fingerprint density at radius 1 is 1.12 bits per heavy atom. The minimum Gasteiger partial charge on any atom is -0.490 e. The van der Waals surface area contributed by atoms with Gasteiger partial charge in [0.2, 0.25) is 0 Å². The average molecular weight is 450 g/mol. The van der Waals surface area contributed by atoms with E-state index < -0.39 is 35.8 Å². The van der Waals surface area contributed by atoms with Crippen LogP contribution in [0.5, 0.6) is 11.8 Å². The zero-order valence-electron chi connectivity index (χ0n) is 16.7. The van der Waals surface area contributed by atoms with Crippen molar-refractivity contribution < 1.29 is 31.8 Å². The Balaban J connectivity index is 1.40. The smallest absolute Gasteiger partial charge is 0.300 e. The first-order chi connectivity index (χ1) is 15.4. The van der Waals surface area contributed by atoms with Crippen molar-refractivity contribution in [1.82, 2.24) is 9.55 Å². The molecule has 0 fully saturated rings. The highest BCUT2D eigenvalue weighted by Crippen LogP contribution is 2.28. The number of rotatable bonds is 8. The predicted octanol–water partition coefficient (Wildman–Crippen LogP) is 3.65. The quantitative estimate of drug-likeness (QED) is 0.298. The highest BCUT2D eigenvalue weighted by Gasteiger charge is 2.26. The lowest BCUT2D eigenvalue weighted by molar-refractivity contribution is 0.101. The third kappa shape index (κ3) is 4.75. The molecule has 0 bridgehead atoms. The number of halogens is 4. The number of hydrogen-bond acceptors (Lipinski definition) is 5. The van der Waals surface area contributed by atoms with Gasteiger partial charge in [-0.1, -0.05) is 12.1 Å². The Morgan fingerprint density at radius 2 is 1.91 bits per heavy atom. The summed E-state index contributed by atoms with van der Waals surface area (Å²) in [6.45, 7) is -0.201. The summed E-state index contributed by atoms with van der Waals surface area (Å²) in [4.78, 5) is 15.6. The molecule has 1 atom stereocenters. The van der Waals surface area contributed by atoms with E-state index in [0.717, 1.165) is 6.07 Å². The Morgan fingerprint density at radius 3 is 2.66 bits per heavy atom. The Hall–Kier alpha value is -3.40. The van der Waals surface area contributed by atoms with Gasteiger partial charge in [-0.15, -0.1) is 0 Å². The first-order valence-electron chi connectivity index (χ1n) is 9.73. The second-order valence-corrected chi connectivity index (χ2v) is 7.04. The van der Waals surface area contributed by atoms with Gasteiger partial charge in [-0.25, -0.2) is 17.6 Å². The Kier molecular flexibility index (Phi) is 6.40. The summed E-state index contributed by atoms with van der Waals surface area (Å²) in [5.41, 5.74) is 0.123. The van der Waals surface area contributed by atoms with Crippen molar-refractivity contribution in [3.05, 3.63) is 76.0 Å². The van der Waals surface area contributed by atoms with Crippen molar-refractivity contribution in [2.75, 3.05) is 19.9 Å². The molecular weight excluding hydrogens is 432 g/mol. The van der Waals surface area contributed by atoms with Crippen molar-refractivity contribution in [3.8, 4) is 22.9 Å². The fourth-order valence-corrected chi connectivity index (χ4v) is 3.33. The van der Waals surface area contributed by atoms with E-state index in [1.807, 2.05) is 0 Å². The molecule has 1 aromatic heterocycles. The zero-order valence-corrected chi connectivity index (χ0v) is 16.7. The van der Waals surface area contributed by atoms with E-state index in [-0.39, 0.29) is 31.4 Å². The number of alkyl halides is 1.